The van der Waals surface area contributed by atoms with Crippen LogP contribution in [0.4, 0.5) is 0 Å². The minimum absolute atomic E-state index is 0.00660. The molecule has 1 aliphatic heterocycles. The van der Waals surface area contributed by atoms with Gasteiger partial charge in [0.05, 0.1) is 10.9 Å². The lowest BCUT2D eigenvalue weighted by molar-refractivity contribution is -0.134. The molecule has 1 aliphatic rings. The van der Waals surface area contributed by atoms with Crippen molar-refractivity contribution in [1.82, 2.24) is 10.2 Å². The van der Waals surface area contributed by atoms with Crippen LogP contribution in [-0.4, -0.2) is 29.3 Å². The van der Waals surface area contributed by atoms with Crippen molar-refractivity contribution in [3.63, 3.8) is 0 Å². The van der Waals surface area contributed by atoms with Gasteiger partial charge in [-0.15, -0.1) is 11.3 Å². The maximum atomic E-state index is 12.2. The van der Waals surface area contributed by atoms with E-state index in [0.29, 0.717) is 25.9 Å². The average Bonchev–Trinajstić information content (AvgIpc) is 2.94. The van der Waals surface area contributed by atoms with E-state index in [9.17, 15) is 9.59 Å². The average molecular weight is 287 g/mol. The first kappa shape index (κ1) is 13.4. The molecule has 1 N–H and O–H groups in total. The molecule has 1 aromatic rings. The highest BCUT2D eigenvalue weighted by Gasteiger charge is 2.30. The Kier molecular flexibility index (Phi) is 4.24. The van der Waals surface area contributed by atoms with Crippen LogP contribution >= 0.6 is 22.9 Å². The monoisotopic (exact) mass is 286 g/mol. The summed E-state index contributed by atoms with van der Waals surface area (Å²) in [5.41, 5.74) is 0. The fraction of sp³-hybridized carbons (Fsp3) is 0.500. The first-order valence-electron chi connectivity index (χ1n) is 5.92. The van der Waals surface area contributed by atoms with E-state index < -0.39 is 0 Å². The third kappa shape index (κ3) is 3.03. The summed E-state index contributed by atoms with van der Waals surface area (Å²) >= 11 is 7.35. The quantitative estimate of drug-likeness (QED) is 0.921. The van der Waals surface area contributed by atoms with Crippen LogP contribution in [0.5, 0.6) is 0 Å². The maximum Gasteiger partial charge on any atom is 0.245 e. The fourth-order valence-electron chi connectivity index (χ4n) is 1.99. The van der Waals surface area contributed by atoms with Gasteiger partial charge in [0.2, 0.25) is 11.8 Å². The molecule has 98 valence electrons. The molecule has 2 amide bonds. The van der Waals surface area contributed by atoms with E-state index in [2.05, 4.69) is 5.32 Å². The number of carbonyl (C=O) groups is 2. The number of halogens is 1. The molecule has 0 bridgehead atoms. The van der Waals surface area contributed by atoms with Gasteiger partial charge in [0.15, 0.2) is 0 Å². The number of likely N-dealkylation sites (N-methyl/N-ethyl adjacent to an activating group) is 1. The lowest BCUT2D eigenvalue weighted by Crippen LogP contribution is -2.43. The summed E-state index contributed by atoms with van der Waals surface area (Å²) < 4.78 is 0.725. The summed E-state index contributed by atoms with van der Waals surface area (Å²) in [6.07, 6.45) is 1.04. The summed E-state index contributed by atoms with van der Waals surface area (Å²) in [6.45, 7) is 3.11. The van der Waals surface area contributed by atoms with Crippen LogP contribution in [0.25, 0.3) is 0 Å². The van der Waals surface area contributed by atoms with Crippen LogP contribution in [0.1, 0.15) is 24.6 Å². The molecule has 0 aromatic carbocycles. The lowest BCUT2D eigenvalue weighted by Gasteiger charge is -2.23. The number of thiophene rings is 1. The largest absolute Gasteiger partial charge is 0.344 e. The second-order valence-corrected chi connectivity index (χ2v) is 6.02. The maximum absolute atomic E-state index is 12.2. The topological polar surface area (TPSA) is 49.4 Å². The molecule has 0 spiro atoms. The Morgan fingerprint density at radius 2 is 2.39 bits per heavy atom. The van der Waals surface area contributed by atoms with Crippen molar-refractivity contribution in [2.45, 2.75) is 32.4 Å². The number of hydrogen-bond donors (Lipinski definition) is 1. The second kappa shape index (κ2) is 5.71. The molecule has 0 saturated carbocycles. The number of nitrogens with zero attached hydrogens (tertiary/aromatic N) is 1. The molecule has 1 fully saturated rings. The summed E-state index contributed by atoms with van der Waals surface area (Å²) in [5, 5.41) is 2.71. The van der Waals surface area contributed by atoms with Crippen LogP contribution in [0.2, 0.25) is 4.34 Å². The molecule has 0 aliphatic carbocycles. The molecule has 4 nitrogen and oxygen atoms in total. The first-order chi connectivity index (χ1) is 8.60. The van der Waals surface area contributed by atoms with Crippen LogP contribution < -0.4 is 5.32 Å². The van der Waals surface area contributed by atoms with Crippen molar-refractivity contribution < 1.29 is 9.59 Å². The highest BCUT2D eigenvalue weighted by Crippen LogP contribution is 2.23. The molecule has 1 aromatic heterocycles. The van der Waals surface area contributed by atoms with Gasteiger partial charge in [-0.25, -0.2) is 0 Å². The van der Waals surface area contributed by atoms with Gasteiger partial charge in [0.1, 0.15) is 6.04 Å². The Balaban J connectivity index is 1.99. The van der Waals surface area contributed by atoms with E-state index in [1.165, 1.54) is 11.3 Å². The first-order valence-corrected chi connectivity index (χ1v) is 7.12. The lowest BCUT2D eigenvalue weighted by atomic mass is 10.2. The third-order valence-corrected chi connectivity index (χ3v) is 4.18. The minimum atomic E-state index is -0.354. The molecular weight excluding hydrogens is 272 g/mol. The van der Waals surface area contributed by atoms with E-state index in [1.807, 2.05) is 19.1 Å². The Morgan fingerprint density at radius 3 is 2.89 bits per heavy atom. The van der Waals surface area contributed by atoms with E-state index in [0.717, 1.165) is 9.21 Å². The van der Waals surface area contributed by atoms with Crippen LogP contribution in [0.3, 0.4) is 0 Å². The van der Waals surface area contributed by atoms with Gasteiger partial charge in [-0.05, 0) is 25.5 Å². The smallest absolute Gasteiger partial charge is 0.245 e. The van der Waals surface area contributed by atoms with Crippen molar-refractivity contribution in [3.05, 3.63) is 21.3 Å². The van der Waals surface area contributed by atoms with Gasteiger partial charge in [-0.1, -0.05) is 11.6 Å². The van der Waals surface area contributed by atoms with Crippen LogP contribution in [0, 0.1) is 0 Å². The third-order valence-electron chi connectivity index (χ3n) is 2.96. The Hall–Kier alpha value is -1.07. The highest BCUT2D eigenvalue weighted by molar-refractivity contribution is 7.16. The molecule has 2 heterocycles. The molecular formula is C12H15ClN2O2S. The molecule has 6 heteroatoms. The predicted octanol–water partition coefficient (Wildman–Crippen LogP) is 2.03. The van der Waals surface area contributed by atoms with Crippen LogP contribution in [0.15, 0.2) is 12.1 Å². The number of rotatable bonds is 4. The summed E-state index contributed by atoms with van der Waals surface area (Å²) in [5.74, 6) is -0.0450. The van der Waals surface area contributed by atoms with Crippen molar-refractivity contribution in [3.8, 4) is 0 Å². The molecule has 2 rings (SSSR count). The molecule has 0 unspecified atom stereocenters. The summed E-state index contributed by atoms with van der Waals surface area (Å²) in [6, 6.07) is 3.40. The van der Waals surface area contributed by atoms with Crippen molar-refractivity contribution >= 4 is 34.8 Å². The molecule has 0 radical (unpaired) electrons. The zero-order valence-corrected chi connectivity index (χ0v) is 11.7. The second-order valence-electron chi connectivity index (χ2n) is 4.22. The van der Waals surface area contributed by atoms with Gasteiger partial charge in [0.25, 0.3) is 0 Å². The van der Waals surface area contributed by atoms with Crippen molar-refractivity contribution in [1.29, 1.82) is 0 Å². The van der Waals surface area contributed by atoms with Gasteiger partial charge in [0, 0.05) is 17.8 Å². The Labute approximate surface area is 115 Å². The number of carbonyl (C=O) groups excluding carboxylic acids is 2. The summed E-state index contributed by atoms with van der Waals surface area (Å²) in [4.78, 5) is 26.2. The van der Waals surface area contributed by atoms with Crippen molar-refractivity contribution in [2.75, 3.05) is 6.54 Å². The fourth-order valence-corrected chi connectivity index (χ4v) is 3.09. The van der Waals surface area contributed by atoms with E-state index in [4.69, 9.17) is 11.6 Å². The molecule has 1 atom stereocenters. The Morgan fingerprint density at radius 1 is 1.61 bits per heavy atom. The SMILES string of the molecule is CCN(Cc1ccc(Cl)s1)C(=O)[C@@H]1CCC(=O)N1. The number of hydrogen-bond acceptors (Lipinski definition) is 3. The zero-order chi connectivity index (χ0) is 13.1. The zero-order valence-electron chi connectivity index (χ0n) is 10.1. The highest BCUT2D eigenvalue weighted by atomic mass is 35.5. The Bertz CT molecular complexity index is 461. The van der Waals surface area contributed by atoms with E-state index in [1.54, 1.807) is 4.90 Å². The van der Waals surface area contributed by atoms with E-state index in [-0.39, 0.29) is 17.9 Å². The number of nitrogens with one attached hydrogen (secondary N) is 1. The van der Waals surface area contributed by atoms with Gasteiger partial charge in [-0.3, -0.25) is 9.59 Å². The normalized spacial score (nSPS) is 18.8. The summed E-state index contributed by atoms with van der Waals surface area (Å²) in [7, 11) is 0. The molecule has 1 saturated heterocycles. The predicted molar refractivity (Wildman–Crippen MR) is 71.6 cm³/mol. The standard InChI is InChI=1S/C12H15ClN2O2S/c1-2-15(7-8-3-5-10(13)18-8)12(17)9-4-6-11(16)14-9/h3,5,9H,2,4,6-7H2,1H3,(H,14,16)/t9-/m0/s1. The molecule has 18 heavy (non-hydrogen) atoms. The van der Waals surface area contributed by atoms with Crippen LogP contribution in [-0.2, 0) is 16.1 Å². The van der Waals surface area contributed by atoms with Gasteiger partial charge in [-0.2, -0.15) is 0 Å². The van der Waals surface area contributed by atoms with Gasteiger partial charge >= 0.3 is 0 Å². The van der Waals surface area contributed by atoms with Gasteiger partial charge < -0.3 is 10.2 Å². The minimum Gasteiger partial charge on any atom is -0.344 e. The number of amides is 2. The van der Waals surface area contributed by atoms with Crippen molar-refractivity contribution in [2.24, 2.45) is 0 Å². The van der Waals surface area contributed by atoms with E-state index >= 15 is 0 Å².